The Hall–Kier alpha value is -1.45. The first kappa shape index (κ1) is 14.0. The van der Waals surface area contributed by atoms with Crippen molar-refractivity contribution in [3.63, 3.8) is 0 Å². The average molecular weight is 289 g/mol. The Morgan fingerprint density at radius 3 is 2.47 bits per heavy atom. The average Bonchev–Trinajstić information content (AvgIpc) is 2.78. The van der Waals surface area contributed by atoms with Gasteiger partial charge in [-0.3, -0.25) is 9.36 Å². The van der Waals surface area contributed by atoms with Crippen molar-refractivity contribution >= 4 is 10.0 Å². The van der Waals surface area contributed by atoms with Crippen LogP contribution in [0.4, 0.5) is 0 Å². The Morgan fingerprint density at radius 2 is 1.95 bits per heavy atom. The second-order valence-electron chi connectivity index (χ2n) is 4.56. The monoisotopic (exact) mass is 289 g/mol. The summed E-state index contributed by atoms with van der Waals surface area (Å²) in [5.41, 5.74) is -1.45. The molecule has 0 saturated carbocycles. The molecular weight excluding hydrogens is 274 g/mol. The van der Waals surface area contributed by atoms with Gasteiger partial charge in [0.05, 0.1) is 6.10 Å². The van der Waals surface area contributed by atoms with Gasteiger partial charge in [-0.05, 0) is 6.42 Å². The number of β-amino-alcohol motifs (C(OH)–C–C–N with tert-alkyl or cyclic N) is 1. The second kappa shape index (κ2) is 4.58. The lowest BCUT2D eigenvalue weighted by molar-refractivity contribution is 0.189. The first-order valence-corrected chi connectivity index (χ1v) is 7.14. The normalized spacial score (nSPS) is 20.9. The third kappa shape index (κ3) is 2.24. The first-order valence-electron chi connectivity index (χ1n) is 5.70. The zero-order valence-corrected chi connectivity index (χ0v) is 11.4. The Kier molecular flexibility index (Phi) is 3.37. The number of aromatic nitrogens is 2. The zero-order chi connectivity index (χ0) is 14.4. The summed E-state index contributed by atoms with van der Waals surface area (Å²) in [5.74, 6) is 0. The summed E-state index contributed by atoms with van der Waals surface area (Å²) in [6.07, 6.45) is 0.641. The zero-order valence-electron chi connectivity index (χ0n) is 10.6. The van der Waals surface area contributed by atoms with Crippen LogP contribution in [0.25, 0.3) is 0 Å². The molecule has 1 aliphatic heterocycles. The number of sulfonamides is 1. The molecule has 1 aromatic heterocycles. The molecule has 0 amide bonds. The van der Waals surface area contributed by atoms with Crippen molar-refractivity contribution in [1.29, 1.82) is 0 Å². The van der Waals surface area contributed by atoms with E-state index < -0.39 is 32.3 Å². The largest absolute Gasteiger partial charge is 0.392 e. The standard InChI is InChI=1S/C10H15N3O5S/c1-11-6-8(9(15)12(2)10(11)16)19(17,18)13-4-3-7(14)5-13/h6-7,14H,3-5H2,1-2H3. The van der Waals surface area contributed by atoms with E-state index >= 15 is 0 Å². The van der Waals surface area contributed by atoms with Crippen molar-refractivity contribution in [3.8, 4) is 0 Å². The number of rotatable bonds is 2. The molecule has 1 fully saturated rings. The van der Waals surface area contributed by atoms with Gasteiger partial charge < -0.3 is 9.67 Å². The summed E-state index contributed by atoms with van der Waals surface area (Å²) >= 11 is 0. The minimum Gasteiger partial charge on any atom is -0.392 e. The van der Waals surface area contributed by atoms with Gasteiger partial charge in [0.2, 0.25) is 10.0 Å². The van der Waals surface area contributed by atoms with Crippen LogP contribution in [0.3, 0.4) is 0 Å². The number of nitrogens with zero attached hydrogens (tertiary/aromatic N) is 3. The van der Waals surface area contributed by atoms with E-state index in [0.717, 1.165) is 19.6 Å². The number of aryl methyl sites for hydroxylation is 1. The van der Waals surface area contributed by atoms with E-state index in [-0.39, 0.29) is 13.1 Å². The summed E-state index contributed by atoms with van der Waals surface area (Å²) in [4.78, 5) is 23.0. The Morgan fingerprint density at radius 1 is 1.32 bits per heavy atom. The summed E-state index contributed by atoms with van der Waals surface area (Å²) in [5, 5.41) is 9.39. The third-order valence-corrected chi connectivity index (χ3v) is 5.01. The molecule has 0 bridgehead atoms. The minimum absolute atomic E-state index is 0.0334. The molecular formula is C10H15N3O5S. The predicted octanol–water partition coefficient (Wildman–Crippen LogP) is -2.16. The van der Waals surface area contributed by atoms with E-state index in [4.69, 9.17) is 0 Å². The maximum absolute atomic E-state index is 12.3. The molecule has 0 aromatic carbocycles. The molecule has 1 aliphatic rings. The van der Waals surface area contributed by atoms with E-state index in [1.165, 1.54) is 14.1 Å². The SMILES string of the molecule is Cn1cc(S(=O)(=O)N2CCC(O)C2)c(=O)n(C)c1=O. The molecule has 2 rings (SSSR count). The van der Waals surface area contributed by atoms with Crippen LogP contribution in [-0.4, -0.2) is 46.2 Å². The van der Waals surface area contributed by atoms with Gasteiger partial charge in [0, 0.05) is 33.4 Å². The highest BCUT2D eigenvalue weighted by molar-refractivity contribution is 7.89. The van der Waals surface area contributed by atoms with Crippen LogP contribution in [0.1, 0.15) is 6.42 Å². The van der Waals surface area contributed by atoms with Gasteiger partial charge in [0.15, 0.2) is 4.90 Å². The Labute approximate surface area is 109 Å². The lowest BCUT2D eigenvalue weighted by atomic mass is 10.3. The fourth-order valence-corrected chi connectivity index (χ4v) is 3.66. The van der Waals surface area contributed by atoms with Gasteiger partial charge in [-0.15, -0.1) is 0 Å². The van der Waals surface area contributed by atoms with E-state index in [2.05, 4.69) is 0 Å². The fraction of sp³-hybridized carbons (Fsp3) is 0.600. The quantitative estimate of drug-likeness (QED) is 0.668. The van der Waals surface area contributed by atoms with Crippen LogP contribution in [0, 0.1) is 0 Å². The molecule has 2 heterocycles. The van der Waals surface area contributed by atoms with E-state index in [1.807, 2.05) is 0 Å². The molecule has 8 nitrogen and oxygen atoms in total. The minimum atomic E-state index is -3.98. The van der Waals surface area contributed by atoms with Crippen LogP contribution in [-0.2, 0) is 24.1 Å². The van der Waals surface area contributed by atoms with Crippen molar-refractivity contribution in [2.24, 2.45) is 14.1 Å². The lowest BCUT2D eigenvalue weighted by Crippen LogP contribution is -2.42. The Bertz CT molecular complexity index is 718. The topological polar surface area (TPSA) is 102 Å². The van der Waals surface area contributed by atoms with Crippen molar-refractivity contribution < 1.29 is 13.5 Å². The summed E-state index contributed by atoms with van der Waals surface area (Å²) in [7, 11) is -1.38. The highest BCUT2D eigenvalue weighted by atomic mass is 32.2. The van der Waals surface area contributed by atoms with Gasteiger partial charge in [0.1, 0.15) is 0 Å². The number of hydrogen-bond acceptors (Lipinski definition) is 5. The van der Waals surface area contributed by atoms with Gasteiger partial charge >= 0.3 is 5.69 Å². The fourth-order valence-electron chi connectivity index (χ4n) is 2.02. The van der Waals surface area contributed by atoms with E-state index in [9.17, 15) is 23.1 Å². The molecule has 0 aliphatic carbocycles. The Balaban J connectivity index is 2.60. The van der Waals surface area contributed by atoms with Crippen LogP contribution in [0.5, 0.6) is 0 Å². The van der Waals surface area contributed by atoms with Crippen LogP contribution < -0.4 is 11.2 Å². The molecule has 0 radical (unpaired) electrons. The van der Waals surface area contributed by atoms with E-state index in [1.54, 1.807) is 0 Å². The number of aliphatic hydroxyl groups is 1. The van der Waals surface area contributed by atoms with Crippen molar-refractivity contribution in [1.82, 2.24) is 13.4 Å². The van der Waals surface area contributed by atoms with E-state index in [0.29, 0.717) is 6.42 Å². The summed E-state index contributed by atoms with van der Waals surface area (Å²) in [6.45, 7) is 0.129. The third-order valence-electron chi connectivity index (χ3n) is 3.16. The van der Waals surface area contributed by atoms with Crippen LogP contribution >= 0.6 is 0 Å². The molecule has 19 heavy (non-hydrogen) atoms. The molecule has 1 N–H and O–H groups in total. The molecule has 1 unspecified atom stereocenters. The molecule has 0 spiro atoms. The molecule has 1 aromatic rings. The lowest BCUT2D eigenvalue weighted by Gasteiger charge is -2.16. The van der Waals surface area contributed by atoms with Crippen molar-refractivity contribution in [2.75, 3.05) is 13.1 Å². The first-order chi connectivity index (χ1) is 8.75. The van der Waals surface area contributed by atoms with Crippen LogP contribution in [0.2, 0.25) is 0 Å². The van der Waals surface area contributed by atoms with Crippen LogP contribution in [0.15, 0.2) is 20.7 Å². The van der Waals surface area contributed by atoms with Crippen molar-refractivity contribution in [3.05, 3.63) is 27.0 Å². The number of aliphatic hydroxyl groups excluding tert-OH is 1. The second-order valence-corrected chi connectivity index (χ2v) is 6.46. The highest BCUT2D eigenvalue weighted by Gasteiger charge is 2.34. The van der Waals surface area contributed by atoms with Gasteiger partial charge in [0.25, 0.3) is 5.56 Å². The maximum atomic E-state index is 12.3. The molecule has 9 heteroatoms. The number of hydrogen-bond donors (Lipinski definition) is 1. The molecule has 106 valence electrons. The van der Waals surface area contributed by atoms with Gasteiger partial charge in [-0.1, -0.05) is 0 Å². The predicted molar refractivity (Wildman–Crippen MR) is 66.3 cm³/mol. The highest BCUT2D eigenvalue weighted by Crippen LogP contribution is 2.18. The smallest absolute Gasteiger partial charge is 0.330 e. The van der Waals surface area contributed by atoms with Gasteiger partial charge in [-0.25, -0.2) is 13.2 Å². The molecule has 1 atom stereocenters. The molecule has 1 saturated heterocycles. The van der Waals surface area contributed by atoms with Gasteiger partial charge in [-0.2, -0.15) is 4.31 Å². The summed E-state index contributed by atoms with van der Waals surface area (Å²) < 4.78 is 27.5. The maximum Gasteiger partial charge on any atom is 0.330 e. The van der Waals surface area contributed by atoms with Crippen molar-refractivity contribution in [2.45, 2.75) is 17.4 Å². The summed E-state index contributed by atoms with van der Waals surface area (Å²) in [6, 6.07) is 0.